The Bertz CT molecular complexity index is 879. The quantitative estimate of drug-likeness (QED) is 0.559. The molecule has 2 unspecified atom stereocenters. The van der Waals surface area contributed by atoms with Crippen LogP contribution in [0.1, 0.15) is 38.1 Å². The second-order valence-corrected chi connectivity index (χ2v) is 6.86. The number of hydrogen-bond donors (Lipinski definition) is 4. The van der Waals surface area contributed by atoms with Crippen LogP contribution in [0.25, 0.3) is 11.2 Å². The molecule has 2 aromatic rings. The van der Waals surface area contributed by atoms with Crippen molar-refractivity contribution < 1.29 is 14.9 Å². The monoisotopic (exact) mass is 348 g/mol. The number of aromatic nitrogens is 4. The standard InChI is InChI=1S/C15H20N6O4/c22-5-8-7(23)4-11(25-8)20-6-16-12-13(20)19-15-18-9-2-1-3-10(17-9)21(15)14(12)24/h6-11,17,22-23H,1-5H2,(H,18,19)/t7-,8+,9?,10?,11+/m0/s1. The smallest absolute Gasteiger partial charge is 0.284 e. The Kier molecular flexibility index (Phi) is 3.35. The normalized spacial score (nSPS) is 34.1. The van der Waals surface area contributed by atoms with Crippen LogP contribution in [0, 0.1) is 0 Å². The van der Waals surface area contributed by atoms with Gasteiger partial charge in [0.2, 0.25) is 5.95 Å². The van der Waals surface area contributed by atoms with Crippen LogP contribution in [0.15, 0.2) is 11.1 Å². The zero-order chi connectivity index (χ0) is 17.1. The lowest BCUT2D eigenvalue weighted by Crippen LogP contribution is -2.52. The van der Waals surface area contributed by atoms with Gasteiger partial charge in [-0.2, -0.15) is 4.98 Å². The Morgan fingerprint density at radius 2 is 2.28 bits per heavy atom. The molecule has 5 heterocycles. The Morgan fingerprint density at radius 1 is 1.40 bits per heavy atom. The maximum absolute atomic E-state index is 12.9. The zero-order valence-electron chi connectivity index (χ0n) is 13.5. The van der Waals surface area contributed by atoms with Crippen molar-refractivity contribution >= 4 is 17.1 Å². The molecule has 25 heavy (non-hydrogen) atoms. The van der Waals surface area contributed by atoms with Crippen molar-refractivity contribution in [2.75, 3.05) is 11.9 Å². The van der Waals surface area contributed by atoms with Crippen LogP contribution < -0.4 is 16.2 Å². The number of aliphatic hydroxyl groups excluding tert-OH is 2. The number of rotatable bonds is 2. The summed E-state index contributed by atoms with van der Waals surface area (Å²) in [5.41, 5.74) is 0.516. The molecule has 10 nitrogen and oxygen atoms in total. The van der Waals surface area contributed by atoms with Crippen molar-refractivity contribution in [2.45, 2.75) is 56.5 Å². The highest BCUT2D eigenvalue weighted by atomic mass is 16.5. The van der Waals surface area contributed by atoms with Crippen LogP contribution in [0.4, 0.5) is 5.95 Å². The summed E-state index contributed by atoms with van der Waals surface area (Å²) >= 11 is 0. The molecule has 2 aromatic heterocycles. The second kappa shape index (κ2) is 5.49. The molecule has 2 bridgehead atoms. The largest absolute Gasteiger partial charge is 0.394 e. The second-order valence-electron chi connectivity index (χ2n) is 6.86. The minimum Gasteiger partial charge on any atom is -0.394 e. The van der Waals surface area contributed by atoms with Crippen molar-refractivity contribution in [3.05, 3.63) is 16.7 Å². The van der Waals surface area contributed by atoms with E-state index >= 15 is 0 Å². The molecule has 0 aliphatic carbocycles. The van der Waals surface area contributed by atoms with Gasteiger partial charge in [0, 0.05) is 6.42 Å². The first kappa shape index (κ1) is 15.3. The Hall–Kier alpha value is -2.01. The molecule has 5 rings (SSSR count). The van der Waals surface area contributed by atoms with Crippen LogP contribution in [0.5, 0.6) is 0 Å². The zero-order valence-corrected chi connectivity index (χ0v) is 13.5. The van der Waals surface area contributed by atoms with Gasteiger partial charge in [-0.05, 0) is 19.3 Å². The number of hydrogen-bond acceptors (Lipinski definition) is 8. The lowest BCUT2D eigenvalue weighted by atomic mass is 10.1. The lowest BCUT2D eigenvalue weighted by molar-refractivity contribution is -0.0432. The molecule has 3 aliphatic heterocycles. The summed E-state index contributed by atoms with van der Waals surface area (Å²) in [5.74, 6) is 0.532. The van der Waals surface area contributed by atoms with E-state index in [-0.39, 0.29) is 30.0 Å². The summed E-state index contributed by atoms with van der Waals surface area (Å²) in [5, 5.41) is 25.9. The van der Waals surface area contributed by atoms with E-state index in [1.54, 1.807) is 9.13 Å². The van der Waals surface area contributed by atoms with E-state index < -0.39 is 18.4 Å². The SMILES string of the molecule is O=c1c2ncn([C@H]3C[C@H](O)[C@@H](CO)O3)c2nc2n1C1CCCC(N2)N1. The fraction of sp³-hybridized carbons (Fsp3) is 0.667. The molecule has 2 fully saturated rings. The third-order valence-corrected chi connectivity index (χ3v) is 5.30. The van der Waals surface area contributed by atoms with E-state index in [1.165, 1.54) is 6.33 Å². The molecule has 3 aliphatic rings. The Labute approximate surface area is 142 Å². The van der Waals surface area contributed by atoms with Gasteiger partial charge in [-0.1, -0.05) is 0 Å². The molecular formula is C15H20N6O4. The first-order valence-corrected chi connectivity index (χ1v) is 8.61. The molecular weight excluding hydrogens is 328 g/mol. The molecule has 2 saturated heterocycles. The summed E-state index contributed by atoms with van der Waals surface area (Å²) in [7, 11) is 0. The minimum absolute atomic E-state index is 0.0622. The highest BCUT2D eigenvalue weighted by Crippen LogP contribution is 2.32. The summed E-state index contributed by atoms with van der Waals surface area (Å²) < 4.78 is 8.97. The molecule has 0 amide bonds. The first-order valence-electron chi connectivity index (χ1n) is 8.61. The Balaban J connectivity index is 1.61. The molecule has 10 heteroatoms. The van der Waals surface area contributed by atoms with Gasteiger partial charge in [0.1, 0.15) is 12.3 Å². The fourth-order valence-corrected chi connectivity index (χ4v) is 4.02. The van der Waals surface area contributed by atoms with Crippen LogP contribution in [0.2, 0.25) is 0 Å². The number of anilines is 1. The first-order chi connectivity index (χ1) is 12.2. The van der Waals surface area contributed by atoms with E-state index in [0.29, 0.717) is 18.0 Å². The van der Waals surface area contributed by atoms with Crippen molar-refractivity contribution in [1.29, 1.82) is 0 Å². The van der Waals surface area contributed by atoms with Crippen LogP contribution in [0.3, 0.4) is 0 Å². The Morgan fingerprint density at radius 3 is 3.08 bits per heavy atom. The number of imidazole rings is 1. The van der Waals surface area contributed by atoms with Gasteiger partial charge in [0.05, 0.1) is 31.4 Å². The van der Waals surface area contributed by atoms with Gasteiger partial charge in [-0.15, -0.1) is 0 Å². The number of aliphatic hydroxyl groups is 2. The van der Waals surface area contributed by atoms with Gasteiger partial charge in [0.15, 0.2) is 11.2 Å². The molecule has 5 atom stereocenters. The van der Waals surface area contributed by atoms with Gasteiger partial charge in [-0.3, -0.25) is 19.2 Å². The topological polar surface area (TPSA) is 126 Å². The minimum atomic E-state index is -0.757. The van der Waals surface area contributed by atoms with Crippen molar-refractivity contribution in [3.63, 3.8) is 0 Å². The summed E-state index contributed by atoms with van der Waals surface area (Å²) in [4.78, 5) is 21.8. The van der Waals surface area contributed by atoms with Gasteiger partial charge < -0.3 is 20.3 Å². The maximum atomic E-state index is 12.9. The van der Waals surface area contributed by atoms with Gasteiger partial charge >= 0.3 is 0 Å². The average Bonchev–Trinajstić information content (AvgIpc) is 3.18. The number of nitrogens with one attached hydrogen (secondary N) is 2. The third kappa shape index (κ3) is 2.21. The van der Waals surface area contributed by atoms with Crippen LogP contribution >= 0.6 is 0 Å². The summed E-state index contributed by atoms with van der Waals surface area (Å²) in [6.45, 7) is -0.258. The van der Waals surface area contributed by atoms with Crippen molar-refractivity contribution in [2.24, 2.45) is 0 Å². The summed E-state index contributed by atoms with van der Waals surface area (Å²) in [6.07, 6.45) is 2.90. The van der Waals surface area contributed by atoms with Crippen LogP contribution in [-0.2, 0) is 4.74 Å². The molecule has 0 spiro atoms. The van der Waals surface area contributed by atoms with E-state index in [0.717, 1.165) is 19.3 Å². The number of piperidine rings is 1. The van der Waals surface area contributed by atoms with E-state index in [2.05, 4.69) is 20.6 Å². The number of fused-ring (bicyclic) bond motifs is 5. The predicted molar refractivity (Wildman–Crippen MR) is 86.8 cm³/mol. The molecule has 0 radical (unpaired) electrons. The third-order valence-electron chi connectivity index (χ3n) is 5.30. The van der Waals surface area contributed by atoms with E-state index in [4.69, 9.17) is 4.74 Å². The van der Waals surface area contributed by atoms with Gasteiger partial charge in [-0.25, -0.2) is 4.98 Å². The molecule has 4 N–H and O–H groups in total. The highest BCUT2D eigenvalue weighted by molar-refractivity contribution is 5.71. The predicted octanol–water partition coefficient (Wildman–Crippen LogP) is -0.743. The number of nitrogens with zero attached hydrogens (tertiary/aromatic N) is 4. The fourth-order valence-electron chi connectivity index (χ4n) is 4.02. The van der Waals surface area contributed by atoms with Gasteiger partial charge in [0.25, 0.3) is 5.56 Å². The van der Waals surface area contributed by atoms with Crippen molar-refractivity contribution in [1.82, 2.24) is 24.4 Å². The summed E-state index contributed by atoms with van der Waals surface area (Å²) in [6, 6.07) is 0. The molecule has 0 saturated carbocycles. The molecule has 0 aromatic carbocycles. The van der Waals surface area contributed by atoms with Crippen LogP contribution in [-0.4, -0.2) is 54.3 Å². The molecule has 134 valence electrons. The van der Waals surface area contributed by atoms with Crippen molar-refractivity contribution in [3.8, 4) is 0 Å². The maximum Gasteiger partial charge on any atom is 0.284 e. The number of ether oxygens (including phenoxy) is 1. The average molecular weight is 348 g/mol. The van der Waals surface area contributed by atoms with E-state index in [9.17, 15) is 15.0 Å². The highest BCUT2D eigenvalue weighted by Gasteiger charge is 2.37. The van der Waals surface area contributed by atoms with E-state index in [1.807, 2.05) is 0 Å². The lowest BCUT2D eigenvalue weighted by Gasteiger charge is -2.38.